The third kappa shape index (κ3) is 5.57. The fourth-order valence-corrected chi connectivity index (χ4v) is 2.74. The second-order valence-electron chi connectivity index (χ2n) is 5.91. The van der Waals surface area contributed by atoms with Crippen LogP contribution in [-0.2, 0) is 4.79 Å². The quantitative estimate of drug-likeness (QED) is 0.284. The van der Waals surface area contributed by atoms with Crippen LogP contribution in [-0.4, -0.2) is 22.0 Å². The van der Waals surface area contributed by atoms with Crippen molar-refractivity contribution < 1.29 is 19.5 Å². The molecule has 152 valence electrons. The summed E-state index contributed by atoms with van der Waals surface area (Å²) in [6.07, 6.45) is 4.01. The predicted octanol–water partition coefficient (Wildman–Crippen LogP) is 4.95. The maximum absolute atomic E-state index is 12.9. The molecule has 0 atom stereocenters. The lowest BCUT2D eigenvalue weighted by atomic mass is 10.1. The molecule has 30 heavy (non-hydrogen) atoms. The second kappa shape index (κ2) is 9.89. The zero-order valence-corrected chi connectivity index (χ0v) is 16.8. The van der Waals surface area contributed by atoms with Crippen LogP contribution < -0.4 is 15.5 Å². The number of pyridine rings is 1. The van der Waals surface area contributed by atoms with Gasteiger partial charge in [0.15, 0.2) is 0 Å². The van der Waals surface area contributed by atoms with Crippen molar-refractivity contribution in [3.8, 4) is 11.6 Å². The standard InChI is InChI=1S/C21H15Cl2N3O4/c22-14-4-7-16(8-5-14)30-21-17(2-1-11-24-21)20(28)25-18-9-6-15(23)12-13(18)3-10-19(27)26-29/h1-12,29H,(H,25,28)(H,26,27). The maximum Gasteiger partial charge on any atom is 0.267 e. The van der Waals surface area contributed by atoms with Crippen molar-refractivity contribution in [1.29, 1.82) is 0 Å². The van der Waals surface area contributed by atoms with E-state index >= 15 is 0 Å². The molecule has 0 spiro atoms. The first-order chi connectivity index (χ1) is 14.5. The van der Waals surface area contributed by atoms with Crippen LogP contribution in [0.2, 0.25) is 10.0 Å². The third-order valence-corrected chi connectivity index (χ3v) is 4.32. The van der Waals surface area contributed by atoms with Crippen LogP contribution in [0.5, 0.6) is 11.6 Å². The van der Waals surface area contributed by atoms with Crippen molar-refractivity contribution in [2.24, 2.45) is 0 Å². The molecule has 0 fully saturated rings. The van der Waals surface area contributed by atoms with E-state index in [1.165, 1.54) is 17.8 Å². The van der Waals surface area contributed by atoms with Crippen LogP contribution in [0.3, 0.4) is 0 Å². The van der Waals surface area contributed by atoms with Crippen LogP contribution in [0.25, 0.3) is 6.08 Å². The minimum atomic E-state index is -0.724. The molecule has 3 aromatic rings. The molecule has 0 radical (unpaired) electrons. The van der Waals surface area contributed by atoms with Crippen molar-refractivity contribution in [2.45, 2.75) is 0 Å². The predicted molar refractivity (Wildman–Crippen MR) is 114 cm³/mol. The Morgan fingerprint density at radius 2 is 1.77 bits per heavy atom. The van der Waals surface area contributed by atoms with Crippen molar-refractivity contribution in [2.75, 3.05) is 5.32 Å². The van der Waals surface area contributed by atoms with E-state index in [1.807, 2.05) is 0 Å². The minimum Gasteiger partial charge on any atom is -0.438 e. The van der Waals surface area contributed by atoms with Gasteiger partial charge in [-0.15, -0.1) is 0 Å². The highest BCUT2D eigenvalue weighted by Gasteiger charge is 2.16. The van der Waals surface area contributed by atoms with Gasteiger partial charge in [0.05, 0.1) is 0 Å². The Morgan fingerprint density at radius 1 is 1.03 bits per heavy atom. The lowest BCUT2D eigenvalue weighted by Gasteiger charge is -2.12. The van der Waals surface area contributed by atoms with Crippen LogP contribution in [0.1, 0.15) is 15.9 Å². The number of amides is 2. The van der Waals surface area contributed by atoms with Gasteiger partial charge in [-0.05, 0) is 66.2 Å². The van der Waals surface area contributed by atoms with Gasteiger partial charge in [0.25, 0.3) is 11.8 Å². The van der Waals surface area contributed by atoms with E-state index in [9.17, 15) is 9.59 Å². The number of nitrogens with zero attached hydrogens (tertiary/aromatic N) is 1. The first-order valence-corrected chi connectivity index (χ1v) is 9.33. The summed E-state index contributed by atoms with van der Waals surface area (Å²) in [5.74, 6) is -0.617. The monoisotopic (exact) mass is 443 g/mol. The summed E-state index contributed by atoms with van der Waals surface area (Å²) in [6.45, 7) is 0. The Labute approximate surface area is 181 Å². The van der Waals surface area contributed by atoms with Crippen LogP contribution in [0, 0.1) is 0 Å². The summed E-state index contributed by atoms with van der Waals surface area (Å²) in [7, 11) is 0. The summed E-state index contributed by atoms with van der Waals surface area (Å²) >= 11 is 11.9. The molecule has 3 N–H and O–H groups in total. The molecule has 9 heteroatoms. The van der Waals surface area contributed by atoms with Gasteiger partial charge in [0.2, 0.25) is 5.88 Å². The normalized spacial score (nSPS) is 10.6. The highest BCUT2D eigenvalue weighted by molar-refractivity contribution is 6.31. The number of ether oxygens (including phenoxy) is 1. The molecule has 0 aliphatic carbocycles. The van der Waals surface area contributed by atoms with Gasteiger partial charge in [-0.3, -0.25) is 14.8 Å². The molecule has 2 aromatic carbocycles. The lowest BCUT2D eigenvalue weighted by Crippen LogP contribution is -2.15. The van der Waals surface area contributed by atoms with Crippen LogP contribution in [0.4, 0.5) is 5.69 Å². The fourth-order valence-electron chi connectivity index (χ4n) is 2.44. The van der Waals surface area contributed by atoms with E-state index in [4.69, 9.17) is 33.1 Å². The molecule has 7 nitrogen and oxygen atoms in total. The number of benzene rings is 2. The van der Waals surface area contributed by atoms with Gasteiger partial charge < -0.3 is 10.1 Å². The van der Waals surface area contributed by atoms with Gasteiger partial charge >= 0.3 is 0 Å². The first-order valence-electron chi connectivity index (χ1n) is 8.58. The maximum atomic E-state index is 12.9. The molecule has 2 amide bonds. The Morgan fingerprint density at radius 3 is 2.50 bits per heavy atom. The zero-order chi connectivity index (χ0) is 21.5. The van der Waals surface area contributed by atoms with E-state index < -0.39 is 11.8 Å². The molecule has 3 rings (SSSR count). The lowest BCUT2D eigenvalue weighted by molar-refractivity contribution is -0.124. The van der Waals surface area contributed by atoms with Gasteiger partial charge in [0, 0.05) is 28.0 Å². The van der Waals surface area contributed by atoms with E-state index in [0.29, 0.717) is 27.0 Å². The highest BCUT2D eigenvalue weighted by atomic mass is 35.5. The van der Waals surface area contributed by atoms with Gasteiger partial charge in [-0.25, -0.2) is 10.5 Å². The van der Waals surface area contributed by atoms with Crippen molar-refractivity contribution >= 4 is 46.8 Å². The van der Waals surface area contributed by atoms with Gasteiger partial charge in [-0.2, -0.15) is 0 Å². The molecular weight excluding hydrogens is 429 g/mol. The Hall–Kier alpha value is -3.39. The van der Waals surface area contributed by atoms with Crippen molar-refractivity contribution in [3.63, 3.8) is 0 Å². The number of hydroxylamine groups is 1. The summed E-state index contributed by atoms with van der Waals surface area (Å²) in [4.78, 5) is 28.3. The number of nitrogens with one attached hydrogen (secondary N) is 2. The Kier molecular flexibility index (Phi) is 7.03. The minimum absolute atomic E-state index is 0.114. The number of anilines is 1. The van der Waals surface area contributed by atoms with E-state index in [-0.39, 0.29) is 11.4 Å². The fraction of sp³-hybridized carbons (Fsp3) is 0. The summed E-state index contributed by atoms with van der Waals surface area (Å²) in [6, 6.07) is 14.6. The first kappa shape index (κ1) is 21.3. The Balaban J connectivity index is 1.86. The molecule has 0 saturated carbocycles. The SMILES string of the molecule is O=C(C=Cc1cc(Cl)ccc1NC(=O)c1cccnc1Oc1ccc(Cl)cc1)NO. The molecular formula is C21H15Cl2N3O4. The largest absolute Gasteiger partial charge is 0.438 e. The number of halogens is 2. The number of aromatic nitrogens is 1. The second-order valence-corrected chi connectivity index (χ2v) is 6.78. The Bertz CT molecular complexity index is 1100. The molecule has 0 saturated heterocycles. The van der Waals surface area contributed by atoms with Crippen molar-refractivity contribution in [3.05, 3.63) is 88.0 Å². The summed E-state index contributed by atoms with van der Waals surface area (Å²) < 4.78 is 5.72. The van der Waals surface area contributed by atoms with E-state index in [2.05, 4.69) is 10.3 Å². The average molecular weight is 444 g/mol. The van der Waals surface area contributed by atoms with Crippen LogP contribution >= 0.6 is 23.2 Å². The molecule has 0 aliphatic rings. The van der Waals surface area contributed by atoms with E-state index in [1.54, 1.807) is 54.6 Å². The van der Waals surface area contributed by atoms with Gasteiger partial charge in [-0.1, -0.05) is 23.2 Å². The molecule has 0 aliphatic heterocycles. The smallest absolute Gasteiger partial charge is 0.267 e. The third-order valence-electron chi connectivity index (χ3n) is 3.83. The number of hydrogen-bond acceptors (Lipinski definition) is 5. The summed E-state index contributed by atoms with van der Waals surface area (Å²) in [5, 5.41) is 12.3. The number of hydrogen-bond donors (Lipinski definition) is 3. The van der Waals surface area contributed by atoms with Crippen LogP contribution in [0.15, 0.2) is 66.9 Å². The zero-order valence-electron chi connectivity index (χ0n) is 15.3. The number of carbonyl (C=O) groups is 2. The topological polar surface area (TPSA) is 101 Å². The molecule has 1 aromatic heterocycles. The van der Waals surface area contributed by atoms with Gasteiger partial charge in [0.1, 0.15) is 11.3 Å². The average Bonchev–Trinajstić information content (AvgIpc) is 2.75. The molecule has 1 heterocycles. The molecule has 0 unspecified atom stereocenters. The van der Waals surface area contributed by atoms with E-state index in [0.717, 1.165) is 6.08 Å². The highest BCUT2D eigenvalue weighted by Crippen LogP contribution is 2.27. The van der Waals surface area contributed by atoms with Crippen molar-refractivity contribution in [1.82, 2.24) is 10.5 Å². The number of carbonyl (C=O) groups excluding carboxylic acids is 2. The summed E-state index contributed by atoms with van der Waals surface area (Å²) in [5.41, 5.74) is 2.55. The number of rotatable bonds is 6. The molecule has 0 bridgehead atoms.